The average Bonchev–Trinajstić information content (AvgIpc) is 2.04. The zero-order valence-electron chi connectivity index (χ0n) is 8.16. The van der Waals surface area contributed by atoms with E-state index in [1.165, 1.54) is 0 Å². The first-order valence-corrected chi connectivity index (χ1v) is 4.36. The lowest BCUT2D eigenvalue weighted by atomic mass is 10.1. The molecule has 0 heterocycles. The second-order valence-corrected chi connectivity index (χ2v) is 3.12. The first-order valence-electron chi connectivity index (χ1n) is 4.36. The van der Waals surface area contributed by atoms with Gasteiger partial charge in [-0.15, -0.1) is 0 Å². The van der Waals surface area contributed by atoms with Crippen LogP contribution in [0.5, 0.6) is 0 Å². The lowest BCUT2D eigenvalue weighted by Gasteiger charge is -2.06. The van der Waals surface area contributed by atoms with E-state index < -0.39 is 6.10 Å². The molecule has 0 fully saturated rings. The molecule has 0 aromatic carbocycles. The summed E-state index contributed by atoms with van der Waals surface area (Å²) in [6.45, 7) is 9.28. The molecule has 1 atom stereocenters. The smallest absolute Gasteiger partial charge is 0.0763 e. The van der Waals surface area contributed by atoms with E-state index in [2.05, 4.69) is 13.2 Å². The van der Waals surface area contributed by atoms with Crippen molar-refractivity contribution in [3.8, 4) is 0 Å². The van der Waals surface area contributed by atoms with Crippen LogP contribution in [0.3, 0.4) is 0 Å². The Morgan fingerprint density at radius 2 is 2.15 bits per heavy atom. The molecule has 1 unspecified atom stereocenters. The van der Waals surface area contributed by atoms with Crippen molar-refractivity contribution in [3.05, 3.63) is 36.5 Å². The van der Waals surface area contributed by atoms with Gasteiger partial charge in [0.15, 0.2) is 0 Å². The molecule has 0 bridgehead atoms. The van der Waals surface area contributed by atoms with Crippen molar-refractivity contribution in [2.45, 2.75) is 25.9 Å². The SMILES string of the molecule is C=CC(=C)CC(O)C=C(C)CCO. The highest BCUT2D eigenvalue weighted by Crippen LogP contribution is 2.08. The normalized spacial score (nSPS) is 13.9. The quantitative estimate of drug-likeness (QED) is 0.486. The van der Waals surface area contributed by atoms with Gasteiger partial charge in [-0.1, -0.05) is 36.5 Å². The van der Waals surface area contributed by atoms with Crippen molar-refractivity contribution >= 4 is 0 Å². The Morgan fingerprint density at radius 1 is 1.54 bits per heavy atom. The highest BCUT2D eigenvalue weighted by molar-refractivity contribution is 5.15. The predicted molar refractivity (Wildman–Crippen MR) is 55.4 cm³/mol. The van der Waals surface area contributed by atoms with Crippen LogP contribution in [-0.4, -0.2) is 22.9 Å². The summed E-state index contributed by atoms with van der Waals surface area (Å²) in [5.74, 6) is 0. The molecule has 0 aromatic heterocycles. The van der Waals surface area contributed by atoms with Crippen LogP contribution >= 0.6 is 0 Å². The minimum absolute atomic E-state index is 0.122. The van der Waals surface area contributed by atoms with E-state index in [4.69, 9.17) is 5.11 Å². The van der Waals surface area contributed by atoms with E-state index in [0.29, 0.717) is 12.8 Å². The second kappa shape index (κ2) is 6.63. The summed E-state index contributed by atoms with van der Waals surface area (Å²) >= 11 is 0. The Kier molecular flexibility index (Phi) is 6.20. The molecule has 0 saturated carbocycles. The van der Waals surface area contributed by atoms with Crippen molar-refractivity contribution in [2.75, 3.05) is 6.61 Å². The molecule has 0 amide bonds. The minimum Gasteiger partial charge on any atom is -0.396 e. The third kappa shape index (κ3) is 6.31. The fraction of sp³-hybridized carbons (Fsp3) is 0.455. The lowest BCUT2D eigenvalue weighted by molar-refractivity contribution is 0.223. The zero-order valence-corrected chi connectivity index (χ0v) is 8.16. The summed E-state index contributed by atoms with van der Waals surface area (Å²) in [6.07, 6.45) is 3.98. The van der Waals surface area contributed by atoms with Crippen molar-refractivity contribution in [1.29, 1.82) is 0 Å². The Bertz CT molecular complexity index is 204. The maximum absolute atomic E-state index is 9.48. The predicted octanol–water partition coefficient (Wildman–Crippen LogP) is 1.81. The van der Waals surface area contributed by atoms with Gasteiger partial charge in [-0.25, -0.2) is 0 Å². The molecule has 0 aliphatic carbocycles. The largest absolute Gasteiger partial charge is 0.396 e. The molecule has 0 saturated heterocycles. The molecule has 0 radical (unpaired) electrons. The van der Waals surface area contributed by atoms with Crippen LogP contribution in [-0.2, 0) is 0 Å². The van der Waals surface area contributed by atoms with Crippen LogP contribution < -0.4 is 0 Å². The molecule has 2 N–H and O–H groups in total. The Labute approximate surface area is 79.9 Å². The summed E-state index contributed by atoms with van der Waals surface area (Å²) in [5, 5.41) is 18.1. The molecule has 0 aromatic rings. The maximum atomic E-state index is 9.48. The van der Waals surface area contributed by atoms with E-state index in [1.807, 2.05) is 6.92 Å². The molecule has 2 heteroatoms. The van der Waals surface area contributed by atoms with Gasteiger partial charge in [0.1, 0.15) is 0 Å². The number of rotatable bonds is 6. The fourth-order valence-corrected chi connectivity index (χ4v) is 0.999. The fourth-order valence-electron chi connectivity index (χ4n) is 0.999. The Hall–Kier alpha value is -0.860. The summed E-state index contributed by atoms with van der Waals surface area (Å²) in [6, 6.07) is 0. The van der Waals surface area contributed by atoms with Crippen LogP contribution in [0.1, 0.15) is 19.8 Å². The monoisotopic (exact) mass is 182 g/mol. The van der Waals surface area contributed by atoms with E-state index in [0.717, 1.165) is 11.1 Å². The highest BCUT2D eigenvalue weighted by atomic mass is 16.3. The van der Waals surface area contributed by atoms with Crippen molar-refractivity contribution in [2.24, 2.45) is 0 Å². The van der Waals surface area contributed by atoms with Gasteiger partial charge >= 0.3 is 0 Å². The van der Waals surface area contributed by atoms with Gasteiger partial charge in [-0.2, -0.15) is 0 Å². The summed E-state index contributed by atoms with van der Waals surface area (Å²) in [7, 11) is 0. The van der Waals surface area contributed by atoms with Crippen LogP contribution in [0.25, 0.3) is 0 Å². The molecule has 0 spiro atoms. The van der Waals surface area contributed by atoms with Crippen molar-refractivity contribution in [1.82, 2.24) is 0 Å². The molecule has 0 rings (SSSR count). The standard InChI is InChI=1S/C11H18O2/c1-4-9(2)7-11(13)8-10(3)5-6-12/h4,8,11-13H,1-2,5-7H2,3H3. The van der Waals surface area contributed by atoms with Gasteiger partial charge in [0.05, 0.1) is 6.10 Å². The zero-order chi connectivity index (χ0) is 10.3. The lowest BCUT2D eigenvalue weighted by Crippen LogP contribution is -2.04. The molecule has 0 aliphatic rings. The van der Waals surface area contributed by atoms with Gasteiger partial charge in [0.25, 0.3) is 0 Å². The number of allylic oxidation sites excluding steroid dienone is 1. The van der Waals surface area contributed by atoms with E-state index >= 15 is 0 Å². The third-order valence-electron chi connectivity index (χ3n) is 1.74. The van der Waals surface area contributed by atoms with Crippen LogP contribution in [0.4, 0.5) is 0 Å². The summed E-state index contributed by atoms with van der Waals surface area (Å²) < 4.78 is 0. The Morgan fingerprint density at radius 3 is 2.62 bits per heavy atom. The van der Waals surface area contributed by atoms with Crippen molar-refractivity contribution < 1.29 is 10.2 Å². The Balaban J connectivity index is 3.97. The number of hydrogen-bond acceptors (Lipinski definition) is 2. The maximum Gasteiger partial charge on any atom is 0.0763 e. The molecule has 0 aliphatic heterocycles. The summed E-state index contributed by atoms with van der Waals surface area (Å²) in [4.78, 5) is 0. The molecular formula is C11H18O2. The number of hydrogen-bond donors (Lipinski definition) is 2. The van der Waals surface area contributed by atoms with E-state index in [9.17, 15) is 5.11 Å². The molecule has 2 nitrogen and oxygen atoms in total. The third-order valence-corrected chi connectivity index (χ3v) is 1.74. The topological polar surface area (TPSA) is 40.5 Å². The highest BCUT2D eigenvalue weighted by Gasteiger charge is 2.01. The van der Waals surface area contributed by atoms with Gasteiger partial charge in [0.2, 0.25) is 0 Å². The molecular weight excluding hydrogens is 164 g/mol. The molecule has 74 valence electrons. The van der Waals surface area contributed by atoms with E-state index in [1.54, 1.807) is 12.2 Å². The van der Waals surface area contributed by atoms with Crippen LogP contribution in [0.2, 0.25) is 0 Å². The number of aliphatic hydroxyl groups is 2. The van der Waals surface area contributed by atoms with Gasteiger partial charge in [0, 0.05) is 13.0 Å². The van der Waals surface area contributed by atoms with Crippen LogP contribution in [0, 0.1) is 0 Å². The first-order chi connectivity index (χ1) is 6.10. The van der Waals surface area contributed by atoms with E-state index in [-0.39, 0.29) is 6.61 Å². The number of aliphatic hydroxyl groups excluding tert-OH is 2. The second-order valence-electron chi connectivity index (χ2n) is 3.12. The van der Waals surface area contributed by atoms with Gasteiger partial charge in [-0.05, 0) is 13.3 Å². The average molecular weight is 182 g/mol. The minimum atomic E-state index is -0.517. The van der Waals surface area contributed by atoms with Gasteiger partial charge in [-0.3, -0.25) is 0 Å². The van der Waals surface area contributed by atoms with Crippen LogP contribution in [0.15, 0.2) is 36.5 Å². The molecule has 13 heavy (non-hydrogen) atoms. The summed E-state index contributed by atoms with van der Waals surface area (Å²) in [5.41, 5.74) is 1.81. The van der Waals surface area contributed by atoms with Crippen molar-refractivity contribution in [3.63, 3.8) is 0 Å². The first kappa shape index (κ1) is 12.1. The van der Waals surface area contributed by atoms with Gasteiger partial charge < -0.3 is 10.2 Å².